The Morgan fingerprint density at radius 3 is 3.07 bits per heavy atom. The van der Waals surface area contributed by atoms with Crippen molar-refractivity contribution >= 4 is 23.0 Å². The molecule has 76 valence electrons. The summed E-state index contributed by atoms with van der Waals surface area (Å²) in [5.41, 5.74) is 1.39. The second kappa shape index (κ2) is 4.98. The van der Waals surface area contributed by atoms with Crippen LogP contribution in [0.5, 0.6) is 5.75 Å². The minimum absolute atomic E-state index is 0.662. The number of hydrogen-bond donors (Lipinski definition) is 1. The topological polar surface area (TPSA) is 21.3 Å². The van der Waals surface area contributed by atoms with E-state index in [4.69, 9.17) is 3.07 Å². The molecule has 0 aromatic heterocycles. The maximum atomic E-state index is 5.20. The van der Waals surface area contributed by atoms with Crippen LogP contribution in [-0.4, -0.2) is 13.1 Å². The second-order valence-corrected chi connectivity index (χ2v) is 4.13. The molecule has 1 unspecified atom stereocenters. The number of benzene rings is 1. The number of nitrogens with one attached hydrogen (secondary N) is 1. The molecule has 0 radical (unpaired) electrons. The van der Waals surface area contributed by atoms with Gasteiger partial charge in [0.15, 0.2) is 23.0 Å². The predicted molar refractivity (Wildman–Crippen MR) is 65.9 cm³/mol. The minimum atomic E-state index is 0.662. The lowest BCUT2D eigenvalue weighted by molar-refractivity contribution is 0.461. The number of halogens is 1. The highest BCUT2D eigenvalue weighted by molar-refractivity contribution is 14.1. The first-order chi connectivity index (χ1) is 6.90. The third kappa shape index (κ3) is 2.39. The van der Waals surface area contributed by atoms with E-state index in [9.17, 15) is 0 Å². The number of piperidine rings is 1. The van der Waals surface area contributed by atoms with E-state index in [2.05, 4.69) is 23.5 Å². The van der Waals surface area contributed by atoms with Gasteiger partial charge in [0, 0.05) is 6.54 Å². The zero-order valence-corrected chi connectivity index (χ0v) is 10.2. The summed E-state index contributed by atoms with van der Waals surface area (Å²) in [5, 5.41) is 3.43. The molecule has 1 atom stereocenters. The van der Waals surface area contributed by atoms with E-state index in [-0.39, 0.29) is 0 Å². The molecule has 1 aliphatic heterocycles. The van der Waals surface area contributed by atoms with Crippen LogP contribution in [0.4, 0.5) is 0 Å². The van der Waals surface area contributed by atoms with Gasteiger partial charge in [0.1, 0.15) is 5.75 Å². The largest absolute Gasteiger partial charge is 0.428 e. The van der Waals surface area contributed by atoms with Crippen molar-refractivity contribution in [2.24, 2.45) is 0 Å². The third-order valence-electron chi connectivity index (χ3n) is 2.72. The Hall–Kier alpha value is -0.290. The molecule has 0 spiro atoms. The quantitative estimate of drug-likeness (QED) is 0.848. The molecule has 1 heterocycles. The molecule has 0 bridgehead atoms. The fraction of sp³-hybridized carbons (Fsp3) is 0.455. The molecule has 1 saturated heterocycles. The lowest BCUT2D eigenvalue weighted by Gasteiger charge is -2.23. The van der Waals surface area contributed by atoms with Crippen LogP contribution in [-0.2, 0) is 0 Å². The van der Waals surface area contributed by atoms with E-state index in [0.29, 0.717) is 5.92 Å². The fourth-order valence-corrected chi connectivity index (χ4v) is 2.23. The summed E-state index contributed by atoms with van der Waals surface area (Å²) in [6.07, 6.45) is 2.57. The average molecular weight is 303 g/mol. The maximum absolute atomic E-state index is 5.20. The summed E-state index contributed by atoms with van der Waals surface area (Å²) in [5.74, 6) is 1.61. The van der Waals surface area contributed by atoms with E-state index < -0.39 is 0 Å². The van der Waals surface area contributed by atoms with Gasteiger partial charge in [-0.1, -0.05) is 12.1 Å². The first-order valence-electron chi connectivity index (χ1n) is 4.99. The van der Waals surface area contributed by atoms with Crippen LogP contribution in [0, 0.1) is 0 Å². The molecule has 2 rings (SSSR count). The van der Waals surface area contributed by atoms with E-state index in [1.807, 2.05) is 29.1 Å². The molecule has 1 N–H and O–H groups in total. The smallest absolute Gasteiger partial charge is 0.192 e. The van der Waals surface area contributed by atoms with Crippen LogP contribution in [0.2, 0.25) is 0 Å². The Morgan fingerprint density at radius 1 is 1.43 bits per heavy atom. The zero-order valence-electron chi connectivity index (χ0n) is 8.00. The van der Waals surface area contributed by atoms with Crippen molar-refractivity contribution in [1.82, 2.24) is 5.32 Å². The Labute approximate surface area is 98.7 Å². The van der Waals surface area contributed by atoms with Crippen LogP contribution < -0.4 is 8.38 Å². The van der Waals surface area contributed by atoms with Gasteiger partial charge in [-0.15, -0.1) is 0 Å². The summed E-state index contributed by atoms with van der Waals surface area (Å²) >= 11 is 1.93. The van der Waals surface area contributed by atoms with Crippen molar-refractivity contribution in [2.75, 3.05) is 13.1 Å². The lowest BCUT2D eigenvalue weighted by Crippen LogP contribution is -2.28. The van der Waals surface area contributed by atoms with Gasteiger partial charge in [0.25, 0.3) is 0 Å². The van der Waals surface area contributed by atoms with Gasteiger partial charge in [-0.3, -0.25) is 0 Å². The number of hydrogen-bond acceptors (Lipinski definition) is 2. The predicted octanol–water partition coefficient (Wildman–Crippen LogP) is 2.88. The highest BCUT2D eigenvalue weighted by Crippen LogP contribution is 2.26. The van der Waals surface area contributed by atoms with Gasteiger partial charge in [0.05, 0.1) is 0 Å². The van der Waals surface area contributed by atoms with E-state index in [0.717, 1.165) is 12.3 Å². The van der Waals surface area contributed by atoms with Crippen molar-refractivity contribution in [1.29, 1.82) is 0 Å². The van der Waals surface area contributed by atoms with Crippen molar-refractivity contribution in [3.05, 3.63) is 29.8 Å². The first kappa shape index (κ1) is 10.2. The molecule has 2 nitrogen and oxygen atoms in total. The molecule has 1 aromatic rings. The molecule has 3 heteroatoms. The normalized spacial score (nSPS) is 21.9. The van der Waals surface area contributed by atoms with Crippen LogP contribution in [0.1, 0.15) is 24.3 Å². The van der Waals surface area contributed by atoms with Crippen LogP contribution in [0.3, 0.4) is 0 Å². The van der Waals surface area contributed by atoms with Crippen molar-refractivity contribution in [2.45, 2.75) is 18.8 Å². The Morgan fingerprint density at radius 2 is 2.36 bits per heavy atom. The SMILES string of the molecule is IOc1cccc(C2CCCNC2)c1. The summed E-state index contributed by atoms with van der Waals surface area (Å²) in [6, 6.07) is 8.39. The second-order valence-electron chi connectivity index (χ2n) is 3.69. The van der Waals surface area contributed by atoms with Gasteiger partial charge in [-0.05, 0) is 43.0 Å². The first-order valence-corrected chi connectivity index (χ1v) is 5.87. The lowest BCUT2D eigenvalue weighted by atomic mass is 9.92. The molecule has 14 heavy (non-hydrogen) atoms. The van der Waals surface area contributed by atoms with E-state index >= 15 is 0 Å². The van der Waals surface area contributed by atoms with Crippen molar-refractivity contribution in [3.63, 3.8) is 0 Å². The standard InChI is InChI=1S/C11H14INO/c12-14-11-5-1-3-9(7-11)10-4-2-6-13-8-10/h1,3,5,7,10,13H,2,4,6,8H2. The monoisotopic (exact) mass is 303 g/mol. The number of rotatable bonds is 2. The molecule has 1 fully saturated rings. The zero-order chi connectivity index (χ0) is 9.80. The fourth-order valence-electron chi connectivity index (χ4n) is 1.95. The summed E-state index contributed by atoms with van der Waals surface area (Å²) in [6.45, 7) is 2.27. The molecule has 0 saturated carbocycles. The highest BCUT2D eigenvalue weighted by atomic mass is 127. The third-order valence-corrected chi connectivity index (χ3v) is 3.22. The van der Waals surface area contributed by atoms with Crippen LogP contribution in [0.15, 0.2) is 24.3 Å². The van der Waals surface area contributed by atoms with Crippen molar-refractivity contribution in [3.8, 4) is 5.75 Å². The Bertz CT molecular complexity index is 297. The molecule has 0 aliphatic carbocycles. The van der Waals surface area contributed by atoms with E-state index in [1.54, 1.807) is 0 Å². The van der Waals surface area contributed by atoms with Gasteiger partial charge in [-0.25, -0.2) is 0 Å². The van der Waals surface area contributed by atoms with Gasteiger partial charge in [-0.2, -0.15) is 0 Å². The summed E-state index contributed by atoms with van der Waals surface area (Å²) in [4.78, 5) is 0. The van der Waals surface area contributed by atoms with Gasteiger partial charge < -0.3 is 8.38 Å². The van der Waals surface area contributed by atoms with Gasteiger partial charge >= 0.3 is 0 Å². The molecule has 0 amide bonds. The van der Waals surface area contributed by atoms with Gasteiger partial charge in [0.2, 0.25) is 0 Å². The molecule has 1 aliphatic rings. The molecular formula is C11H14INO. The highest BCUT2D eigenvalue weighted by Gasteiger charge is 2.15. The van der Waals surface area contributed by atoms with Crippen LogP contribution >= 0.6 is 23.0 Å². The minimum Gasteiger partial charge on any atom is -0.428 e. The Kier molecular flexibility index (Phi) is 3.64. The maximum Gasteiger partial charge on any atom is 0.192 e. The summed E-state index contributed by atoms with van der Waals surface area (Å²) < 4.78 is 5.20. The molecule has 1 aromatic carbocycles. The van der Waals surface area contributed by atoms with E-state index in [1.165, 1.54) is 24.9 Å². The Balaban J connectivity index is 2.13. The average Bonchev–Trinajstić information content (AvgIpc) is 2.30. The molecular weight excluding hydrogens is 289 g/mol. The summed E-state index contributed by atoms with van der Waals surface area (Å²) in [7, 11) is 0. The van der Waals surface area contributed by atoms with Crippen molar-refractivity contribution < 1.29 is 3.07 Å². The van der Waals surface area contributed by atoms with Crippen LogP contribution in [0.25, 0.3) is 0 Å².